The van der Waals surface area contributed by atoms with Crippen molar-refractivity contribution in [2.24, 2.45) is 0 Å². The summed E-state index contributed by atoms with van der Waals surface area (Å²) < 4.78 is 5.30. The van der Waals surface area contributed by atoms with Crippen LogP contribution in [-0.2, 0) is 0 Å². The maximum atomic E-state index is 12.3. The third-order valence-corrected chi connectivity index (χ3v) is 4.48. The summed E-state index contributed by atoms with van der Waals surface area (Å²) in [6, 6.07) is 14.5. The summed E-state index contributed by atoms with van der Waals surface area (Å²) in [4.78, 5) is 16.6. The van der Waals surface area contributed by atoms with E-state index in [1.165, 1.54) is 0 Å². The van der Waals surface area contributed by atoms with Crippen LogP contribution < -0.4 is 5.32 Å². The van der Waals surface area contributed by atoms with E-state index in [1.54, 1.807) is 18.2 Å². The first-order valence-electron chi connectivity index (χ1n) is 7.67. The molecule has 1 atom stereocenters. The number of halogens is 2. The molecular formula is C18H15Cl2N3O2. The van der Waals surface area contributed by atoms with Gasteiger partial charge in [0.25, 0.3) is 5.91 Å². The Balaban J connectivity index is 1.65. The SMILES string of the molecule is CC(CNC(=O)c1cccc(Cl)c1Cl)c1nc(-c2ccccc2)no1. The highest BCUT2D eigenvalue weighted by Gasteiger charge is 2.18. The van der Waals surface area contributed by atoms with Gasteiger partial charge in [0, 0.05) is 12.1 Å². The van der Waals surface area contributed by atoms with Crippen LogP contribution in [0.4, 0.5) is 0 Å². The zero-order valence-corrected chi connectivity index (χ0v) is 14.9. The van der Waals surface area contributed by atoms with Gasteiger partial charge in [0.1, 0.15) is 0 Å². The lowest BCUT2D eigenvalue weighted by molar-refractivity contribution is 0.0950. The topological polar surface area (TPSA) is 68.0 Å². The van der Waals surface area contributed by atoms with Gasteiger partial charge in [0.15, 0.2) is 0 Å². The summed E-state index contributed by atoms with van der Waals surface area (Å²) >= 11 is 12.0. The Morgan fingerprint density at radius 1 is 1.16 bits per heavy atom. The molecule has 5 nitrogen and oxygen atoms in total. The number of hydrogen-bond donors (Lipinski definition) is 1. The van der Waals surface area contributed by atoms with Gasteiger partial charge in [0.05, 0.1) is 21.5 Å². The third kappa shape index (κ3) is 4.00. The van der Waals surface area contributed by atoms with Crippen LogP contribution in [0, 0.1) is 0 Å². The zero-order valence-electron chi connectivity index (χ0n) is 13.4. The number of benzene rings is 2. The van der Waals surface area contributed by atoms with E-state index < -0.39 is 0 Å². The maximum absolute atomic E-state index is 12.3. The molecular weight excluding hydrogens is 361 g/mol. The number of nitrogens with zero attached hydrogens (tertiary/aromatic N) is 2. The molecule has 1 amide bonds. The number of rotatable bonds is 5. The van der Waals surface area contributed by atoms with E-state index in [-0.39, 0.29) is 16.8 Å². The van der Waals surface area contributed by atoms with E-state index in [1.807, 2.05) is 37.3 Å². The monoisotopic (exact) mass is 375 g/mol. The molecule has 1 aromatic heterocycles. The first-order chi connectivity index (χ1) is 12.1. The van der Waals surface area contributed by atoms with Crippen molar-refractivity contribution >= 4 is 29.1 Å². The number of aromatic nitrogens is 2. The second-order valence-electron chi connectivity index (χ2n) is 5.53. The second-order valence-corrected chi connectivity index (χ2v) is 6.32. The van der Waals surface area contributed by atoms with Crippen molar-refractivity contribution in [3.05, 3.63) is 70.0 Å². The highest BCUT2D eigenvalue weighted by atomic mass is 35.5. The largest absolute Gasteiger partial charge is 0.351 e. The Morgan fingerprint density at radius 3 is 2.68 bits per heavy atom. The van der Waals surface area contributed by atoms with Crippen LogP contribution in [-0.4, -0.2) is 22.6 Å². The molecule has 1 unspecified atom stereocenters. The predicted molar refractivity (Wildman–Crippen MR) is 96.9 cm³/mol. The molecule has 0 bridgehead atoms. The van der Waals surface area contributed by atoms with E-state index in [0.29, 0.717) is 28.8 Å². The summed E-state index contributed by atoms with van der Waals surface area (Å²) in [7, 11) is 0. The minimum atomic E-state index is -0.304. The fraction of sp³-hybridized carbons (Fsp3) is 0.167. The van der Waals surface area contributed by atoms with Gasteiger partial charge in [-0.1, -0.05) is 71.7 Å². The molecule has 7 heteroatoms. The predicted octanol–water partition coefficient (Wildman–Crippen LogP) is 4.58. The summed E-state index contributed by atoms with van der Waals surface area (Å²) in [5.41, 5.74) is 1.20. The molecule has 0 aliphatic carbocycles. The van der Waals surface area contributed by atoms with Crippen molar-refractivity contribution in [1.29, 1.82) is 0 Å². The Labute approximate surface area is 155 Å². The quantitative estimate of drug-likeness (QED) is 0.708. The fourth-order valence-corrected chi connectivity index (χ4v) is 2.63. The average molecular weight is 376 g/mol. The van der Waals surface area contributed by atoms with Crippen molar-refractivity contribution in [3.63, 3.8) is 0 Å². The molecule has 25 heavy (non-hydrogen) atoms. The molecule has 3 aromatic rings. The van der Waals surface area contributed by atoms with E-state index in [2.05, 4.69) is 15.5 Å². The van der Waals surface area contributed by atoms with E-state index >= 15 is 0 Å². The van der Waals surface area contributed by atoms with Crippen LogP contribution in [0.15, 0.2) is 53.1 Å². The molecule has 1 N–H and O–H groups in total. The fourth-order valence-electron chi connectivity index (χ4n) is 2.25. The maximum Gasteiger partial charge on any atom is 0.252 e. The molecule has 1 heterocycles. The first kappa shape index (κ1) is 17.5. The molecule has 0 saturated heterocycles. The van der Waals surface area contributed by atoms with Gasteiger partial charge < -0.3 is 9.84 Å². The molecule has 0 saturated carbocycles. The number of amides is 1. The van der Waals surface area contributed by atoms with Crippen LogP contribution in [0.2, 0.25) is 10.0 Å². The molecule has 0 spiro atoms. The highest BCUT2D eigenvalue weighted by Crippen LogP contribution is 2.25. The third-order valence-electron chi connectivity index (χ3n) is 3.66. The molecule has 0 aliphatic rings. The van der Waals surface area contributed by atoms with Gasteiger partial charge in [-0.25, -0.2) is 0 Å². The lowest BCUT2D eigenvalue weighted by Crippen LogP contribution is -2.27. The minimum absolute atomic E-state index is 0.146. The van der Waals surface area contributed by atoms with E-state index in [9.17, 15) is 4.79 Å². The average Bonchev–Trinajstić information content (AvgIpc) is 3.13. The lowest BCUT2D eigenvalue weighted by atomic mass is 10.1. The van der Waals surface area contributed by atoms with Gasteiger partial charge >= 0.3 is 0 Å². The molecule has 0 radical (unpaired) electrons. The molecule has 0 fully saturated rings. The summed E-state index contributed by atoms with van der Waals surface area (Å²) in [6.07, 6.45) is 0. The molecule has 3 rings (SSSR count). The van der Waals surface area contributed by atoms with E-state index in [4.69, 9.17) is 27.7 Å². The Bertz CT molecular complexity index is 881. The normalized spacial score (nSPS) is 12.0. The van der Waals surface area contributed by atoms with Crippen molar-refractivity contribution in [2.45, 2.75) is 12.8 Å². The second kappa shape index (κ2) is 7.68. The van der Waals surface area contributed by atoms with Crippen LogP contribution >= 0.6 is 23.2 Å². The van der Waals surface area contributed by atoms with Gasteiger partial charge in [-0.2, -0.15) is 4.98 Å². The zero-order chi connectivity index (χ0) is 17.8. The lowest BCUT2D eigenvalue weighted by Gasteiger charge is -2.10. The number of carbonyl (C=O) groups is 1. The van der Waals surface area contributed by atoms with Crippen LogP contribution in [0.5, 0.6) is 0 Å². The summed E-state index contributed by atoms with van der Waals surface area (Å²) in [5.74, 6) is 0.525. The smallest absolute Gasteiger partial charge is 0.252 e. The summed E-state index contributed by atoms with van der Waals surface area (Å²) in [6.45, 7) is 2.22. The molecule has 128 valence electrons. The van der Waals surface area contributed by atoms with Crippen molar-refractivity contribution < 1.29 is 9.32 Å². The molecule has 2 aromatic carbocycles. The number of carbonyl (C=O) groups excluding carboxylic acids is 1. The van der Waals surface area contributed by atoms with E-state index in [0.717, 1.165) is 5.56 Å². The minimum Gasteiger partial charge on any atom is -0.351 e. The number of hydrogen-bond acceptors (Lipinski definition) is 4. The van der Waals surface area contributed by atoms with Crippen LogP contribution in [0.25, 0.3) is 11.4 Å². The Morgan fingerprint density at radius 2 is 1.92 bits per heavy atom. The van der Waals surface area contributed by atoms with Gasteiger partial charge in [-0.15, -0.1) is 0 Å². The van der Waals surface area contributed by atoms with Crippen LogP contribution in [0.1, 0.15) is 29.1 Å². The van der Waals surface area contributed by atoms with Crippen LogP contribution in [0.3, 0.4) is 0 Å². The number of nitrogens with one attached hydrogen (secondary N) is 1. The van der Waals surface area contributed by atoms with Gasteiger partial charge in [-0.3, -0.25) is 4.79 Å². The van der Waals surface area contributed by atoms with Crippen molar-refractivity contribution in [3.8, 4) is 11.4 Å². The Hall–Kier alpha value is -2.37. The highest BCUT2D eigenvalue weighted by molar-refractivity contribution is 6.43. The molecule has 0 aliphatic heterocycles. The Kier molecular flexibility index (Phi) is 5.36. The van der Waals surface area contributed by atoms with Crippen molar-refractivity contribution in [2.75, 3.05) is 6.54 Å². The van der Waals surface area contributed by atoms with Gasteiger partial charge in [-0.05, 0) is 12.1 Å². The van der Waals surface area contributed by atoms with Crippen molar-refractivity contribution in [1.82, 2.24) is 15.5 Å². The summed E-state index contributed by atoms with van der Waals surface area (Å²) in [5, 5.41) is 7.36. The van der Waals surface area contributed by atoms with Gasteiger partial charge in [0.2, 0.25) is 11.7 Å². The standard InChI is InChI=1S/C18H15Cl2N3O2/c1-11(10-21-17(24)13-8-5-9-14(19)15(13)20)18-22-16(23-25-18)12-6-3-2-4-7-12/h2-9,11H,10H2,1H3,(H,21,24). The first-order valence-corrected chi connectivity index (χ1v) is 8.43.